The van der Waals surface area contributed by atoms with Gasteiger partial charge in [-0.3, -0.25) is 0 Å². The molecular weight excluding hydrogens is 184 g/mol. The summed E-state index contributed by atoms with van der Waals surface area (Å²) in [5.74, 6) is 1.11. The Hall–Kier alpha value is -0.830. The first-order valence-electron chi connectivity index (χ1n) is 4.17. The van der Waals surface area contributed by atoms with Crippen molar-refractivity contribution in [1.82, 2.24) is 0 Å². The van der Waals surface area contributed by atoms with Gasteiger partial charge >= 0.3 is 0 Å². The van der Waals surface area contributed by atoms with Gasteiger partial charge in [-0.05, 0) is 38.3 Å². The van der Waals surface area contributed by atoms with Crippen LogP contribution >= 0.6 is 11.8 Å². The van der Waals surface area contributed by atoms with Crippen molar-refractivity contribution in [3.05, 3.63) is 18.2 Å². The van der Waals surface area contributed by atoms with Gasteiger partial charge in [-0.25, -0.2) is 0 Å². The van der Waals surface area contributed by atoms with Gasteiger partial charge in [0.1, 0.15) is 11.5 Å². The summed E-state index contributed by atoms with van der Waals surface area (Å²) >= 11 is 1.51. The lowest BCUT2D eigenvalue weighted by Gasteiger charge is -2.10. The van der Waals surface area contributed by atoms with Crippen molar-refractivity contribution in [2.45, 2.75) is 24.8 Å². The lowest BCUT2D eigenvalue weighted by atomic mass is 10.3. The zero-order valence-corrected chi connectivity index (χ0v) is 8.89. The first kappa shape index (κ1) is 10.3. The van der Waals surface area contributed by atoms with Gasteiger partial charge in [-0.15, -0.1) is 11.8 Å². The number of rotatable bonds is 3. The molecular formula is C10H14O2S. The van der Waals surface area contributed by atoms with Gasteiger partial charge in [0, 0.05) is 0 Å². The number of aromatic hydroxyl groups is 1. The third-order valence-electron chi connectivity index (χ3n) is 1.52. The molecule has 3 heteroatoms. The van der Waals surface area contributed by atoms with Crippen LogP contribution in [0.25, 0.3) is 0 Å². The normalized spacial score (nSPS) is 10.5. The summed E-state index contributed by atoms with van der Waals surface area (Å²) in [6, 6.07) is 5.28. The number of phenolic OH excluding ortho intramolecular Hbond substituents is 1. The van der Waals surface area contributed by atoms with Gasteiger partial charge in [0.25, 0.3) is 0 Å². The Morgan fingerprint density at radius 3 is 2.62 bits per heavy atom. The second kappa shape index (κ2) is 4.42. The fourth-order valence-corrected chi connectivity index (χ4v) is 1.51. The predicted octanol–water partition coefficient (Wildman–Crippen LogP) is 2.90. The minimum atomic E-state index is 0.166. The Balaban J connectivity index is 2.86. The number of ether oxygens (including phenoxy) is 1. The van der Waals surface area contributed by atoms with Crippen LogP contribution < -0.4 is 4.74 Å². The minimum absolute atomic E-state index is 0.166. The van der Waals surface area contributed by atoms with E-state index in [4.69, 9.17) is 4.74 Å². The van der Waals surface area contributed by atoms with Crippen LogP contribution in [0.15, 0.2) is 23.1 Å². The molecule has 0 amide bonds. The topological polar surface area (TPSA) is 29.5 Å². The van der Waals surface area contributed by atoms with Crippen molar-refractivity contribution in [2.24, 2.45) is 0 Å². The van der Waals surface area contributed by atoms with Crippen molar-refractivity contribution >= 4 is 11.8 Å². The molecule has 1 N–H and O–H groups in total. The summed E-state index contributed by atoms with van der Waals surface area (Å²) in [5.41, 5.74) is 0. The van der Waals surface area contributed by atoms with Gasteiger partial charge in [0.15, 0.2) is 0 Å². The van der Waals surface area contributed by atoms with Crippen molar-refractivity contribution in [3.8, 4) is 11.5 Å². The highest BCUT2D eigenvalue weighted by atomic mass is 32.2. The quantitative estimate of drug-likeness (QED) is 0.757. The number of phenols is 1. The second-order valence-electron chi connectivity index (χ2n) is 3.00. The molecule has 0 atom stereocenters. The summed E-state index contributed by atoms with van der Waals surface area (Å²) in [4.78, 5) is 0.846. The molecule has 1 aromatic carbocycles. The Kier molecular flexibility index (Phi) is 3.48. The molecule has 1 rings (SSSR count). The average Bonchev–Trinajstić information content (AvgIpc) is 2.07. The zero-order chi connectivity index (χ0) is 9.84. The number of benzene rings is 1. The molecule has 0 saturated heterocycles. The smallest absolute Gasteiger partial charge is 0.129 e. The Morgan fingerprint density at radius 2 is 2.08 bits per heavy atom. The summed E-state index contributed by atoms with van der Waals surface area (Å²) < 4.78 is 5.49. The van der Waals surface area contributed by atoms with E-state index in [1.54, 1.807) is 12.1 Å². The standard InChI is InChI=1S/C10H14O2S/c1-7(2)12-8-4-5-9(11)10(6-8)13-3/h4-7,11H,1-3H3. The molecule has 2 nitrogen and oxygen atoms in total. The molecule has 0 saturated carbocycles. The molecule has 1 aromatic rings. The largest absolute Gasteiger partial charge is 0.507 e. The van der Waals surface area contributed by atoms with E-state index in [2.05, 4.69) is 0 Å². The van der Waals surface area contributed by atoms with E-state index in [-0.39, 0.29) is 6.10 Å². The highest BCUT2D eigenvalue weighted by Crippen LogP contribution is 2.30. The van der Waals surface area contributed by atoms with Crippen LogP contribution in [0.1, 0.15) is 13.8 Å². The molecule has 0 unspecified atom stereocenters. The first-order chi connectivity index (χ1) is 6.13. The van der Waals surface area contributed by atoms with Gasteiger partial charge in [-0.1, -0.05) is 0 Å². The lowest BCUT2D eigenvalue weighted by Crippen LogP contribution is -2.05. The zero-order valence-electron chi connectivity index (χ0n) is 8.07. The highest BCUT2D eigenvalue weighted by molar-refractivity contribution is 7.98. The SMILES string of the molecule is CSc1cc(OC(C)C)ccc1O. The molecule has 0 aromatic heterocycles. The van der Waals surface area contributed by atoms with Gasteiger partial charge in [-0.2, -0.15) is 0 Å². The Morgan fingerprint density at radius 1 is 1.38 bits per heavy atom. The van der Waals surface area contributed by atoms with Crippen LogP contribution in [0.3, 0.4) is 0 Å². The van der Waals surface area contributed by atoms with E-state index in [1.807, 2.05) is 26.2 Å². The van der Waals surface area contributed by atoms with E-state index >= 15 is 0 Å². The number of thioether (sulfide) groups is 1. The van der Waals surface area contributed by atoms with E-state index in [1.165, 1.54) is 11.8 Å². The molecule has 0 radical (unpaired) electrons. The summed E-state index contributed by atoms with van der Waals surface area (Å²) in [6.07, 6.45) is 2.09. The molecule has 0 spiro atoms. The summed E-state index contributed by atoms with van der Waals surface area (Å²) in [5, 5.41) is 9.39. The van der Waals surface area contributed by atoms with Crippen LogP contribution in [0, 0.1) is 0 Å². The Bertz CT molecular complexity index is 284. The molecule has 0 bridgehead atoms. The summed E-state index contributed by atoms with van der Waals surface area (Å²) in [6.45, 7) is 3.96. The van der Waals surface area contributed by atoms with Crippen LogP contribution in [0.2, 0.25) is 0 Å². The van der Waals surface area contributed by atoms with Gasteiger partial charge in [0.05, 0.1) is 11.0 Å². The Labute approximate surface area is 82.9 Å². The fourth-order valence-electron chi connectivity index (χ4n) is 1.00. The molecule has 13 heavy (non-hydrogen) atoms. The van der Waals surface area contributed by atoms with E-state index < -0.39 is 0 Å². The maximum Gasteiger partial charge on any atom is 0.129 e. The van der Waals surface area contributed by atoms with Crippen LogP contribution in [0.4, 0.5) is 0 Å². The van der Waals surface area contributed by atoms with Gasteiger partial charge in [0.2, 0.25) is 0 Å². The molecule has 0 aliphatic rings. The summed E-state index contributed by atoms with van der Waals surface area (Å²) in [7, 11) is 0. The van der Waals surface area contributed by atoms with Crippen LogP contribution in [-0.4, -0.2) is 17.5 Å². The van der Waals surface area contributed by atoms with Crippen molar-refractivity contribution in [3.63, 3.8) is 0 Å². The molecule has 0 aliphatic heterocycles. The third-order valence-corrected chi connectivity index (χ3v) is 2.29. The second-order valence-corrected chi connectivity index (χ2v) is 3.85. The third kappa shape index (κ3) is 2.84. The molecule has 0 fully saturated rings. The maximum atomic E-state index is 9.39. The number of hydrogen-bond acceptors (Lipinski definition) is 3. The predicted molar refractivity (Wildman–Crippen MR) is 55.7 cm³/mol. The highest BCUT2D eigenvalue weighted by Gasteiger charge is 2.03. The van der Waals surface area contributed by atoms with Crippen LogP contribution in [0.5, 0.6) is 11.5 Å². The average molecular weight is 198 g/mol. The van der Waals surface area contributed by atoms with E-state index in [0.29, 0.717) is 5.75 Å². The fraction of sp³-hybridized carbons (Fsp3) is 0.400. The monoisotopic (exact) mass is 198 g/mol. The van der Waals surface area contributed by atoms with Crippen molar-refractivity contribution < 1.29 is 9.84 Å². The maximum absolute atomic E-state index is 9.39. The van der Waals surface area contributed by atoms with E-state index in [9.17, 15) is 5.11 Å². The van der Waals surface area contributed by atoms with Crippen molar-refractivity contribution in [2.75, 3.05) is 6.26 Å². The molecule has 0 aliphatic carbocycles. The van der Waals surface area contributed by atoms with Crippen LogP contribution in [-0.2, 0) is 0 Å². The van der Waals surface area contributed by atoms with Gasteiger partial charge < -0.3 is 9.84 Å². The first-order valence-corrected chi connectivity index (χ1v) is 5.39. The van der Waals surface area contributed by atoms with E-state index in [0.717, 1.165) is 10.6 Å². The number of hydrogen-bond donors (Lipinski definition) is 1. The minimum Gasteiger partial charge on any atom is -0.507 e. The van der Waals surface area contributed by atoms with Crippen molar-refractivity contribution in [1.29, 1.82) is 0 Å². The molecule has 0 heterocycles. The lowest BCUT2D eigenvalue weighted by molar-refractivity contribution is 0.241. The molecule has 72 valence electrons.